The van der Waals surface area contributed by atoms with Crippen molar-refractivity contribution in [2.45, 2.75) is 52.7 Å². The zero-order valence-electron chi connectivity index (χ0n) is 21.0. The van der Waals surface area contributed by atoms with E-state index in [-0.39, 0.29) is 29.2 Å². The quantitative estimate of drug-likeness (QED) is 0.484. The van der Waals surface area contributed by atoms with Gasteiger partial charge in [-0.1, -0.05) is 42.8 Å². The molecule has 0 heterocycles. The second-order valence-electron chi connectivity index (χ2n) is 8.62. The van der Waals surface area contributed by atoms with Crippen molar-refractivity contribution in [1.82, 2.24) is 10.2 Å². The van der Waals surface area contributed by atoms with E-state index in [1.54, 1.807) is 0 Å². The fraction of sp³-hybridized carbons (Fsp3) is 0.440. The molecule has 0 aliphatic rings. The Kier molecular flexibility index (Phi) is 9.97. The fourth-order valence-corrected chi connectivity index (χ4v) is 4.79. The summed E-state index contributed by atoms with van der Waals surface area (Å²) in [4.78, 5) is 28.1. The molecule has 0 radical (unpaired) electrons. The number of amides is 2. The zero-order chi connectivity index (χ0) is 26.3. The van der Waals surface area contributed by atoms with E-state index in [0.717, 1.165) is 21.7 Å². The van der Waals surface area contributed by atoms with Crippen molar-refractivity contribution in [3.05, 3.63) is 58.6 Å². The molecule has 0 aliphatic heterocycles. The molecule has 2 aromatic carbocycles. The van der Waals surface area contributed by atoms with Crippen LogP contribution in [0, 0.1) is 6.92 Å². The maximum atomic E-state index is 13.7. The van der Waals surface area contributed by atoms with Gasteiger partial charge in [0, 0.05) is 12.6 Å². The number of hydrogen-bond donors (Lipinski definition) is 1. The lowest BCUT2D eigenvalue weighted by molar-refractivity contribution is -0.140. The fourth-order valence-electron chi connectivity index (χ4n) is 3.70. The molecule has 1 atom stereocenters. The first-order valence-electron chi connectivity index (χ1n) is 11.3. The summed E-state index contributed by atoms with van der Waals surface area (Å²) in [6.45, 7) is 7.11. The van der Waals surface area contributed by atoms with Gasteiger partial charge in [0.25, 0.3) is 0 Å². The van der Waals surface area contributed by atoms with Gasteiger partial charge in [0.05, 0.1) is 24.1 Å². The van der Waals surface area contributed by atoms with Crippen molar-refractivity contribution in [2.75, 3.05) is 24.2 Å². The van der Waals surface area contributed by atoms with Crippen LogP contribution >= 0.6 is 11.6 Å². The second-order valence-corrected chi connectivity index (χ2v) is 10.9. The zero-order valence-corrected chi connectivity index (χ0v) is 22.6. The molecule has 0 aliphatic carbocycles. The average molecular weight is 524 g/mol. The van der Waals surface area contributed by atoms with Gasteiger partial charge < -0.3 is 15.0 Å². The van der Waals surface area contributed by atoms with Crippen molar-refractivity contribution in [3.63, 3.8) is 0 Å². The molecule has 10 heteroatoms. The van der Waals surface area contributed by atoms with E-state index >= 15 is 0 Å². The summed E-state index contributed by atoms with van der Waals surface area (Å²) < 4.78 is 31.5. The number of nitrogens with zero attached hydrogens (tertiary/aromatic N) is 2. The van der Waals surface area contributed by atoms with Crippen LogP contribution in [0.3, 0.4) is 0 Å². The molecule has 0 unspecified atom stereocenters. The molecule has 0 saturated heterocycles. The Morgan fingerprint density at radius 1 is 1.14 bits per heavy atom. The number of ether oxygens (including phenoxy) is 1. The normalized spacial score (nSPS) is 12.2. The largest absolute Gasteiger partial charge is 0.495 e. The summed E-state index contributed by atoms with van der Waals surface area (Å²) in [5.74, 6) is -0.410. The summed E-state index contributed by atoms with van der Waals surface area (Å²) in [5.41, 5.74) is 2.06. The molecule has 2 rings (SSSR count). The van der Waals surface area contributed by atoms with Gasteiger partial charge in [-0.3, -0.25) is 13.9 Å². The molecule has 0 aromatic heterocycles. The minimum Gasteiger partial charge on any atom is -0.495 e. The highest BCUT2D eigenvalue weighted by atomic mass is 35.5. The Labute approximate surface area is 213 Å². The average Bonchev–Trinajstić information content (AvgIpc) is 2.77. The molecule has 2 aromatic rings. The number of sulfonamides is 1. The second kappa shape index (κ2) is 12.3. The molecule has 0 bridgehead atoms. The predicted octanol–water partition coefficient (Wildman–Crippen LogP) is 3.76. The van der Waals surface area contributed by atoms with Crippen molar-refractivity contribution in [1.29, 1.82) is 0 Å². The maximum Gasteiger partial charge on any atom is 0.244 e. The number of halogens is 1. The van der Waals surface area contributed by atoms with Crippen molar-refractivity contribution >= 4 is 39.1 Å². The number of carbonyl (C=O) groups excluding carboxylic acids is 2. The molecular formula is C25H34ClN3O5S. The third kappa shape index (κ3) is 7.60. The maximum absolute atomic E-state index is 13.7. The Balaban J connectivity index is 2.48. The van der Waals surface area contributed by atoms with Gasteiger partial charge >= 0.3 is 0 Å². The van der Waals surface area contributed by atoms with Gasteiger partial charge in [0.1, 0.15) is 18.3 Å². The lowest BCUT2D eigenvalue weighted by Gasteiger charge is -2.33. The van der Waals surface area contributed by atoms with Crippen LogP contribution in [0.4, 0.5) is 5.69 Å². The first-order valence-corrected chi connectivity index (χ1v) is 13.6. The van der Waals surface area contributed by atoms with Crippen LogP contribution in [-0.2, 0) is 26.2 Å². The van der Waals surface area contributed by atoms with Crippen LogP contribution in [0.1, 0.15) is 38.3 Å². The highest BCUT2D eigenvalue weighted by molar-refractivity contribution is 7.92. The van der Waals surface area contributed by atoms with Crippen LogP contribution in [0.25, 0.3) is 0 Å². The monoisotopic (exact) mass is 523 g/mol. The van der Waals surface area contributed by atoms with Crippen LogP contribution in [0.15, 0.2) is 42.5 Å². The number of benzene rings is 2. The van der Waals surface area contributed by atoms with Crippen molar-refractivity contribution < 1.29 is 22.7 Å². The SMILES string of the molecule is CC[C@@H](C(=O)NC(C)C)N(Cc1ccccc1C)C(=O)CN(c1ccc(OC)c(Cl)c1)S(C)(=O)=O. The molecule has 0 saturated carbocycles. The lowest BCUT2D eigenvalue weighted by atomic mass is 10.1. The van der Waals surface area contributed by atoms with Crippen LogP contribution in [-0.4, -0.2) is 57.1 Å². The van der Waals surface area contributed by atoms with Gasteiger partial charge in [-0.15, -0.1) is 0 Å². The number of aryl methyl sites for hydroxylation is 1. The summed E-state index contributed by atoms with van der Waals surface area (Å²) in [5, 5.41) is 3.08. The predicted molar refractivity (Wildman–Crippen MR) is 139 cm³/mol. The van der Waals surface area contributed by atoms with Gasteiger partial charge in [-0.25, -0.2) is 8.42 Å². The van der Waals surface area contributed by atoms with Crippen LogP contribution in [0.2, 0.25) is 5.02 Å². The molecule has 0 spiro atoms. The first-order chi connectivity index (χ1) is 16.4. The van der Waals surface area contributed by atoms with E-state index in [1.165, 1.54) is 30.2 Å². The number of methoxy groups -OCH3 is 1. The highest BCUT2D eigenvalue weighted by Crippen LogP contribution is 2.30. The molecule has 0 fully saturated rings. The number of carbonyl (C=O) groups is 2. The van der Waals surface area contributed by atoms with Gasteiger partial charge in [0.15, 0.2) is 0 Å². The molecule has 35 heavy (non-hydrogen) atoms. The topological polar surface area (TPSA) is 96.0 Å². The van der Waals surface area contributed by atoms with Crippen LogP contribution in [0.5, 0.6) is 5.75 Å². The minimum atomic E-state index is -3.85. The van der Waals surface area contributed by atoms with E-state index in [4.69, 9.17) is 16.3 Å². The van der Waals surface area contributed by atoms with Crippen LogP contribution < -0.4 is 14.4 Å². The number of hydrogen-bond acceptors (Lipinski definition) is 5. The van der Waals surface area contributed by atoms with Crippen molar-refractivity contribution in [3.8, 4) is 5.75 Å². The number of nitrogens with one attached hydrogen (secondary N) is 1. The summed E-state index contributed by atoms with van der Waals surface area (Å²) >= 11 is 6.22. The molecule has 192 valence electrons. The van der Waals surface area contributed by atoms with Gasteiger partial charge in [-0.05, 0) is 56.5 Å². The van der Waals surface area contributed by atoms with E-state index in [0.29, 0.717) is 12.2 Å². The molecule has 2 amide bonds. The molecular weight excluding hydrogens is 490 g/mol. The summed E-state index contributed by atoms with van der Waals surface area (Å²) in [6.07, 6.45) is 1.39. The van der Waals surface area contributed by atoms with Gasteiger partial charge in [0.2, 0.25) is 21.8 Å². The standard InChI is InChI=1S/C25H34ClN3O5S/c1-7-22(25(31)27-17(2)3)28(15-19-11-9-8-10-18(19)4)24(30)16-29(35(6,32)33)20-12-13-23(34-5)21(26)14-20/h8-14,17,22H,7,15-16H2,1-6H3,(H,27,31)/t22-/m0/s1. The summed E-state index contributed by atoms with van der Waals surface area (Å²) in [7, 11) is -2.40. The summed E-state index contributed by atoms with van der Waals surface area (Å²) in [6, 6.07) is 11.2. The minimum absolute atomic E-state index is 0.110. The third-order valence-corrected chi connectivity index (χ3v) is 6.96. The molecule has 8 nitrogen and oxygen atoms in total. The lowest BCUT2D eigenvalue weighted by Crippen LogP contribution is -2.53. The Morgan fingerprint density at radius 3 is 2.31 bits per heavy atom. The molecule has 1 N–H and O–H groups in total. The first kappa shape index (κ1) is 28.5. The van der Waals surface area contributed by atoms with E-state index < -0.39 is 28.5 Å². The smallest absolute Gasteiger partial charge is 0.244 e. The Morgan fingerprint density at radius 2 is 1.80 bits per heavy atom. The Hall–Kier alpha value is -2.78. The number of rotatable bonds is 11. The van der Waals surface area contributed by atoms with Crippen molar-refractivity contribution in [2.24, 2.45) is 0 Å². The van der Waals surface area contributed by atoms with E-state index in [2.05, 4.69) is 5.32 Å². The highest BCUT2D eigenvalue weighted by Gasteiger charge is 2.32. The van der Waals surface area contributed by atoms with E-state index in [9.17, 15) is 18.0 Å². The Bertz CT molecular complexity index is 1150. The number of anilines is 1. The van der Waals surface area contributed by atoms with E-state index in [1.807, 2.05) is 52.0 Å². The third-order valence-electron chi connectivity index (χ3n) is 5.52. The van der Waals surface area contributed by atoms with Gasteiger partial charge in [-0.2, -0.15) is 0 Å².